The maximum Gasteiger partial charge on any atom is 0.304 e. The summed E-state index contributed by atoms with van der Waals surface area (Å²) in [5, 5.41) is 12.0. The molecule has 1 aromatic heterocycles. The average Bonchev–Trinajstić information content (AvgIpc) is 2.74. The monoisotopic (exact) mass is 402 g/mol. The molecule has 3 aromatic rings. The number of anilines is 1. The Bertz CT molecular complexity index is 1030. The van der Waals surface area contributed by atoms with Gasteiger partial charge in [-0.05, 0) is 61.4 Å². The largest absolute Gasteiger partial charge is 0.481 e. The molecule has 2 N–H and O–H groups in total. The van der Waals surface area contributed by atoms with Crippen molar-refractivity contribution in [1.82, 2.24) is 4.98 Å². The highest BCUT2D eigenvalue weighted by molar-refractivity contribution is 6.05. The third kappa shape index (κ3) is 5.61. The second-order valence-electron chi connectivity index (χ2n) is 7.12. The molecular weight excluding hydrogens is 380 g/mol. The van der Waals surface area contributed by atoms with Crippen molar-refractivity contribution in [2.45, 2.75) is 19.8 Å². The molecule has 152 valence electrons. The van der Waals surface area contributed by atoms with Gasteiger partial charge in [0.05, 0.1) is 6.42 Å². The minimum absolute atomic E-state index is 0.241. The number of amides is 1. The Morgan fingerprint density at radius 3 is 2.23 bits per heavy atom. The second-order valence-corrected chi connectivity index (χ2v) is 7.12. The third-order valence-corrected chi connectivity index (χ3v) is 4.74. The number of carbonyl (C=O) groups excluding carboxylic acids is 2. The Hall–Kier alpha value is -3.80. The van der Waals surface area contributed by atoms with E-state index in [0.29, 0.717) is 23.2 Å². The predicted molar refractivity (Wildman–Crippen MR) is 114 cm³/mol. The van der Waals surface area contributed by atoms with Gasteiger partial charge in [0.2, 0.25) is 0 Å². The number of aryl methyl sites for hydroxylation is 1. The summed E-state index contributed by atoms with van der Waals surface area (Å²) < 4.78 is 0. The van der Waals surface area contributed by atoms with Crippen molar-refractivity contribution in [3.05, 3.63) is 95.3 Å². The van der Waals surface area contributed by atoms with Crippen LogP contribution in [0.1, 0.15) is 38.3 Å². The number of rotatable bonds is 8. The van der Waals surface area contributed by atoms with Crippen LogP contribution in [0.2, 0.25) is 0 Å². The van der Waals surface area contributed by atoms with Crippen molar-refractivity contribution in [3.63, 3.8) is 0 Å². The Labute approximate surface area is 174 Å². The SMILES string of the molecule is Cc1ccc(C(=O)Nc2ccc(C(=O)C(CC(=O)O)Cc3cccnc3)cc2)cc1. The van der Waals surface area contributed by atoms with Crippen molar-refractivity contribution >= 4 is 23.3 Å². The van der Waals surface area contributed by atoms with E-state index in [1.807, 2.05) is 25.1 Å². The lowest BCUT2D eigenvalue weighted by molar-refractivity contribution is -0.137. The summed E-state index contributed by atoms with van der Waals surface area (Å²) in [4.78, 5) is 40.5. The Balaban J connectivity index is 1.71. The minimum atomic E-state index is -1.03. The van der Waals surface area contributed by atoms with Crippen LogP contribution in [0.3, 0.4) is 0 Å². The molecule has 0 saturated carbocycles. The third-order valence-electron chi connectivity index (χ3n) is 4.74. The number of carboxylic acid groups (broad SMARTS) is 1. The van der Waals surface area contributed by atoms with Crippen molar-refractivity contribution in [3.8, 4) is 0 Å². The molecule has 1 atom stereocenters. The molecule has 0 aliphatic carbocycles. The Morgan fingerprint density at radius 1 is 0.967 bits per heavy atom. The van der Waals surface area contributed by atoms with E-state index in [-0.39, 0.29) is 18.1 Å². The number of hydrogen-bond acceptors (Lipinski definition) is 4. The standard InChI is InChI=1S/C24H22N2O4/c1-16-4-6-19(7-5-16)24(30)26-21-10-8-18(9-11-21)23(29)20(14-22(27)28)13-17-3-2-12-25-15-17/h2-12,15,20H,13-14H2,1H3,(H,26,30)(H,27,28). The molecule has 0 fully saturated rings. The number of carbonyl (C=O) groups is 3. The fourth-order valence-electron chi connectivity index (χ4n) is 3.13. The maximum absolute atomic E-state index is 12.9. The van der Waals surface area contributed by atoms with Crippen LogP contribution in [0.5, 0.6) is 0 Å². The van der Waals surface area contributed by atoms with E-state index in [4.69, 9.17) is 0 Å². The summed E-state index contributed by atoms with van der Waals surface area (Å²) in [7, 11) is 0. The zero-order valence-corrected chi connectivity index (χ0v) is 16.5. The van der Waals surface area contributed by atoms with Crippen LogP contribution in [-0.4, -0.2) is 27.8 Å². The molecular formula is C24H22N2O4. The smallest absolute Gasteiger partial charge is 0.304 e. The van der Waals surface area contributed by atoms with Crippen LogP contribution in [0.25, 0.3) is 0 Å². The molecule has 6 heteroatoms. The molecule has 0 aliphatic heterocycles. The van der Waals surface area contributed by atoms with Gasteiger partial charge in [0, 0.05) is 35.1 Å². The number of nitrogens with one attached hydrogen (secondary N) is 1. The number of carboxylic acids is 1. The van der Waals surface area contributed by atoms with E-state index in [1.165, 1.54) is 0 Å². The molecule has 30 heavy (non-hydrogen) atoms. The molecule has 1 unspecified atom stereocenters. The zero-order chi connectivity index (χ0) is 21.5. The molecule has 6 nitrogen and oxygen atoms in total. The number of nitrogens with zero attached hydrogens (tertiary/aromatic N) is 1. The summed E-state index contributed by atoms with van der Waals surface area (Å²) in [5.41, 5.74) is 3.37. The van der Waals surface area contributed by atoms with Crippen molar-refractivity contribution in [2.75, 3.05) is 5.32 Å². The first-order valence-electron chi connectivity index (χ1n) is 9.55. The number of hydrogen-bond donors (Lipinski definition) is 2. The lowest BCUT2D eigenvalue weighted by Gasteiger charge is -2.14. The van der Waals surface area contributed by atoms with Gasteiger partial charge in [-0.2, -0.15) is 0 Å². The highest BCUT2D eigenvalue weighted by Gasteiger charge is 2.23. The van der Waals surface area contributed by atoms with Gasteiger partial charge in [-0.25, -0.2) is 0 Å². The molecule has 0 radical (unpaired) electrons. The van der Waals surface area contributed by atoms with Gasteiger partial charge in [0.25, 0.3) is 5.91 Å². The highest BCUT2D eigenvalue weighted by atomic mass is 16.4. The lowest BCUT2D eigenvalue weighted by Crippen LogP contribution is -2.21. The lowest BCUT2D eigenvalue weighted by atomic mass is 9.89. The van der Waals surface area contributed by atoms with Crippen LogP contribution in [0.15, 0.2) is 73.1 Å². The van der Waals surface area contributed by atoms with Gasteiger partial charge in [0.15, 0.2) is 5.78 Å². The molecule has 0 saturated heterocycles. The molecule has 1 heterocycles. The van der Waals surface area contributed by atoms with E-state index in [1.54, 1.807) is 54.9 Å². The van der Waals surface area contributed by atoms with Gasteiger partial charge in [0.1, 0.15) is 0 Å². The molecule has 0 spiro atoms. The van der Waals surface area contributed by atoms with Gasteiger partial charge in [-0.3, -0.25) is 19.4 Å². The Morgan fingerprint density at radius 2 is 1.63 bits per heavy atom. The topological polar surface area (TPSA) is 96.4 Å². The van der Waals surface area contributed by atoms with Crippen LogP contribution >= 0.6 is 0 Å². The number of pyridine rings is 1. The van der Waals surface area contributed by atoms with E-state index in [2.05, 4.69) is 10.3 Å². The molecule has 1 amide bonds. The quantitative estimate of drug-likeness (QED) is 0.552. The summed E-state index contributed by atoms with van der Waals surface area (Å²) in [6, 6.07) is 17.3. The van der Waals surface area contributed by atoms with Crippen molar-refractivity contribution in [2.24, 2.45) is 5.92 Å². The number of benzene rings is 2. The van der Waals surface area contributed by atoms with Crippen LogP contribution in [-0.2, 0) is 11.2 Å². The number of Topliss-reactive ketones (excluding diaryl/α,β-unsaturated/α-hetero) is 1. The number of aliphatic carboxylic acids is 1. The normalized spacial score (nSPS) is 11.5. The predicted octanol–water partition coefficient (Wildman–Crippen LogP) is 4.16. The Kier molecular flexibility index (Phi) is 6.70. The molecule has 3 rings (SSSR count). The van der Waals surface area contributed by atoms with Crippen molar-refractivity contribution < 1.29 is 19.5 Å². The first-order chi connectivity index (χ1) is 14.4. The number of aromatic nitrogens is 1. The first kappa shape index (κ1) is 20.9. The van der Waals surface area contributed by atoms with Gasteiger partial charge in [-0.15, -0.1) is 0 Å². The molecule has 0 bridgehead atoms. The maximum atomic E-state index is 12.9. The van der Waals surface area contributed by atoms with Gasteiger partial charge >= 0.3 is 5.97 Å². The summed E-state index contributed by atoms with van der Waals surface area (Å²) in [5.74, 6) is -2.22. The van der Waals surface area contributed by atoms with Crippen LogP contribution in [0.4, 0.5) is 5.69 Å². The van der Waals surface area contributed by atoms with E-state index in [9.17, 15) is 19.5 Å². The minimum Gasteiger partial charge on any atom is -0.481 e. The first-order valence-corrected chi connectivity index (χ1v) is 9.55. The van der Waals surface area contributed by atoms with Gasteiger partial charge < -0.3 is 10.4 Å². The van der Waals surface area contributed by atoms with E-state index in [0.717, 1.165) is 11.1 Å². The second kappa shape index (κ2) is 9.60. The van der Waals surface area contributed by atoms with E-state index < -0.39 is 11.9 Å². The number of ketones is 1. The summed E-state index contributed by atoms with van der Waals surface area (Å²) in [6.45, 7) is 1.95. The zero-order valence-electron chi connectivity index (χ0n) is 16.5. The fourth-order valence-corrected chi connectivity index (χ4v) is 3.13. The molecule has 0 aliphatic rings. The molecule has 2 aromatic carbocycles. The fraction of sp³-hybridized carbons (Fsp3) is 0.167. The van der Waals surface area contributed by atoms with Crippen LogP contribution in [0, 0.1) is 12.8 Å². The van der Waals surface area contributed by atoms with Crippen LogP contribution < -0.4 is 5.32 Å². The van der Waals surface area contributed by atoms with Crippen molar-refractivity contribution in [1.29, 1.82) is 0 Å². The average molecular weight is 402 g/mol. The highest BCUT2D eigenvalue weighted by Crippen LogP contribution is 2.20. The van der Waals surface area contributed by atoms with Gasteiger partial charge in [-0.1, -0.05) is 23.8 Å². The van der Waals surface area contributed by atoms with E-state index >= 15 is 0 Å². The summed E-state index contributed by atoms with van der Waals surface area (Å²) in [6.07, 6.45) is 3.29. The summed E-state index contributed by atoms with van der Waals surface area (Å²) >= 11 is 0.